The van der Waals surface area contributed by atoms with Crippen LogP contribution in [0.2, 0.25) is 0 Å². The molecule has 0 N–H and O–H groups in total. The lowest BCUT2D eigenvalue weighted by Crippen LogP contribution is -2.04. The summed E-state index contributed by atoms with van der Waals surface area (Å²) in [5.74, 6) is 3.89. The van der Waals surface area contributed by atoms with Crippen molar-refractivity contribution in [1.29, 1.82) is 0 Å². The third-order valence-corrected chi connectivity index (χ3v) is 12.5. The minimum Gasteiger partial charge on any atom is -0.493 e. The van der Waals surface area contributed by atoms with Crippen LogP contribution < -0.4 is 9.47 Å². The molecule has 0 saturated heterocycles. The van der Waals surface area contributed by atoms with Gasteiger partial charge in [0.1, 0.15) is 11.5 Å². The first kappa shape index (κ1) is 49.8. The van der Waals surface area contributed by atoms with Crippen LogP contribution in [0.5, 0.6) is 11.5 Å². The van der Waals surface area contributed by atoms with Gasteiger partial charge in [-0.2, -0.15) is 0 Å². The van der Waals surface area contributed by atoms with Crippen molar-refractivity contribution in [1.82, 2.24) is 0 Å². The third kappa shape index (κ3) is 29.1. The van der Waals surface area contributed by atoms with Crippen LogP contribution in [-0.2, 0) is 10.7 Å². The highest BCUT2D eigenvalue weighted by Gasteiger charge is 2.12. The zero-order valence-corrected chi connectivity index (χ0v) is 38.5. The van der Waals surface area contributed by atoms with Gasteiger partial charge in [-0.25, -0.2) is 0 Å². The first-order valence-electron chi connectivity index (χ1n) is 23.1. The van der Waals surface area contributed by atoms with Gasteiger partial charge in [0.25, 0.3) is 0 Å². The molecule has 306 valence electrons. The van der Waals surface area contributed by atoms with Crippen LogP contribution in [-0.4, -0.2) is 13.2 Å². The van der Waals surface area contributed by atoms with E-state index in [2.05, 4.69) is 71.7 Å². The maximum Gasteiger partial charge on any atom is 0.123 e. The molecule has 0 heterocycles. The second-order valence-corrected chi connectivity index (χ2v) is 17.7. The number of ether oxygens (including phenoxy) is 2. The highest BCUT2D eigenvalue weighted by Crippen LogP contribution is 2.32. The molecule has 0 amide bonds. The molecular weight excluding hydrogens is 768 g/mol. The summed E-state index contributed by atoms with van der Waals surface area (Å²) in [7, 11) is 0. The van der Waals surface area contributed by atoms with E-state index in [4.69, 9.17) is 9.47 Å². The Morgan fingerprint density at radius 3 is 0.904 bits per heavy atom. The van der Waals surface area contributed by atoms with Crippen molar-refractivity contribution in [2.75, 3.05) is 13.2 Å². The van der Waals surface area contributed by atoms with Crippen LogP contribution in [0, 0.1) is 11.8 Å². The summed E-state index contributed by atoms with van der Waals surface area (Å²) in [6.45, 7) is 11.1. The van der Waals surface area contributed by atoms with Crippen LogP contribution in [0.4, 0.5) is 0 Å². The number of rotatable bonds is 40. The Morgan fingerprint density at radius 2 is 0.635 bits per heavy atom. The van der Waals surface area contributed by atoms with Gasteiger partial charge in [-0.15, -0.1) is 0 Å². The van der Waals surface area contributed by atoms with Crippen LogP contribution in [0.1, 0.15) is 244 Å². The molecule has 0 fully saturated rings. The summed E-state index contributed by atoms with van der Waals surface area (Å²) in [5.41, 5.74) is 2.39. The van der Waals surface area contributed by atoms with Crippen molar-refractivity contribution in [2.45, 2.75) is 244 Å². The van der Waals surface area contributed by atoms with Gasteiger partial charge in [-0.3, -0.25) is 0 Å². The highest BCUT2D eigenvalue weighted by molar-refractivity contribution is 9.08. The topological polar surface area (TPSA) is 18.5 Å². The summed E-state index contributed by atoms with van der Waals surface area (Å²) in [6, 6.07) is 4.40. The Morgan fingerprint density at radius 1 is 0.385 bits per heavy atom. The average molecular weight is 857 g/mol. The number of unbranched alkanes of at least 4 members (excludes halogenated alkanes) is 24. The zero-order valence-electron chi connectivity index (χ0n) is 35.3. The van der Waals surface area contributed by atoms with Crippen LogP contribution in [0.25, 0.3) is 0 Å². The molecule has 0 aliphatic carbocycles. The van der Waals surface area contributed by atoms with Crippen molar-refractivity contribution in [3.8, 4) is 11.5 Å². The molecule has 4 heteroatoms. The molecule has 0 spiro atoms. The van der Waals surface area contributed by atoms with Gasteiger partial charge in [-0.05, 0) is 36.8 Å². The van der Waals surface area contributed by atoms with Gasteiger partial charge in [0, 0.05) is 21.8 Å². The fourth-order valence-corrected chi connectivity index (χ4v) is 8.51. The Hall–Kier alpha value is -0.220. The molecule has 2 nitrogen and oxygen atoms in total. The summed E-state index contributed by atoms with van der Waals surface area (Å²) in [6.07, 6.45) is 44.4. The monoisotopic (exact) mass is 855 g/mol. The van der Waals surface area contributed by atoms with Gasteiger partial charge in [0.05, 0.1) is 13.2 Å². The van der Waals surface area contributed by atoms with Crippen LogP contribution in [0.3, 0.4) is 0 Å². The van der Waals surface area contributed by atoms with E-state index < -0.39 is 0 Å². The molecule has 1 aromatic rings. The molecule has 0 aliphatic rings. The Kier molecular flexibility index (Phi) is 36.1. The minimum atomic E-state index is 0.789. The predicted molar refractivity (Wildman–Crippen MR) is 240 cm³/mol. The van der Waals surface area contributed by atoms with Crippen molar-refractivity contribution in [3.05, 3.63) is 23.3 Å². The van der Waals surface area contributed by atoms with Gasteiger partial charge in [0.2, 0.25) is 0 Å². The summed E-state index contributed by atoms with van der Waals surface area (Å²) in [4.78, 5) is 0. The van der Waals surface area contributed by atoms with E-state index in [1.54, 1.807) is 0 Å². The van der Waals surface area contributed by atoms with Gasteiger partial charge in [-0.1, -0.05) is 252 Å². The second kappa shape index (κ2) is 37.7. The van der Waals surface area contributed by atoms with E-state index in [0.29, 0.717) is 0 Å². The molecular formula is C48H88Br2O2. The number of hydrogen-bond acceptors (Lipinski definition) is 2. The molecule has 1 rings (SSSR count). The largest absolute Gasteiger partial charge is 0.493 e. The lowest BCUT2D eigenvalue weighted by Gasteiger charge is -2.16. The fourth-order valence-electron chi connectivity index (χ4n) is 7.63. The van der Waals surface area contributed by atoms with E-state index in [9.17, 15) is 0 Å². The number of benzene rings is 1. The van der Waals surface area contributed by atoms with E-state index in [1.807, 2.05) is 0 Å². The molecule has 0 bridgehead atoms. The molecule has 52 heavy (non-hydrogen) atoms. The Bertz CT molecular complexity index is 818. The number of halogens is 2. The summed E-state index contributed by atoms with van der Waals surface area (Å²) < 4.78 is 12.6. The zero-order chi connectivity index (χ0) is 37.7. The smallest absolute Gasteiger partial charge is 0.123 e. The molecule has 1 aromatic carbocycles. The second-order valence-electron chi connectivity index (χ2n) is 16.6. The maximum atomic E-state index is 6.30. The van der Waals surface area contributed by atoms with Gasteiger partial charge >= 0.3 is 0 Å². The van der Waals surface area contributed by atoms with E-state index in [-0.39, 0.29) is 0 Å². The van der Waals surface area contributed by atoms with Gasteiger partial charge in [0.15, 0.2) is 0 Å². The fraction of sp³-hybridized carbons (Fsp3) is 0.875. The molecule has 0 aromatic heterocycles. The lowest BCUT2D eigenvalue weighted by molar-refractivity contribution is 0.293. The number of alkyl halides is 2. The van der Waals surface area contributed by atoms with Crippen molar-refractivity contribution in [2.24, 2.45) is 11.8 Å². The summed E-state index contributed by atoms with van der Waals surface area (Å²) in [5, 5.41) is 1.58. The molecule has 0 saturated carbocycles. The van der Waals surface area contributed by atoms with Crippen molar-refractivity contribution in [3.63, 3.8) is 0 Å². The first-order valence-corrected chi connectivity index (χ1v) is 25.3. The lowest BCUT2D eigenvalue weighted by atomic mass is 9.96. The quantitative estimate of drug-likeness (QED) is 0.0484. The molecule has 0 aliphatic heterocycles. The normalized spacial score (nSPS) is 12.7. The molecule has 2 atom stereocenters. The van der Waals surface area contributed by atoms with E-state index in [0.717, 1.165) is 60.1 Å². The highest BCUT2D eigenvalue weighted by atomic mass is 79.9. The van der Waals surface area contributed by atoms with Crippen molar-refractivity contribution >= 4 is 31.9 Å². The maximum absolute atomic E-state index is 6.30. The SMILES string of the molecule is CCCCCCC(C)CCCCCCCCCCCCOc1cc(CBr)c(OCCCCCCCCCCCCC(C)CCCCCC)cc1CBr. The Labute approximate surface area is 343 Å². The van der Waals surface area contributed by atoms with E-state index >= 15 is 0 Å². The third-order valence-electron chi connectivity index (χ3n) is 11.3. The standard InChI is InChI=1S/C48H88Br2O2/c1-5-7-9-27-33-43(3)35-29-23-19-15-11-13-17-21-25-31-37-51-47-39-46(42-50)48(40-45(47)41-49)52-38-32-26-22-18-14-12-16-20-24-30-36-44(4)34-28-10-8-6-2/h39-40,43-44H,5-38,41-42H2,1-4H3. The molecule has 0 radical (unpaired) electrons. The number of hydrogen-bond donors (Lipinski definition) is 0. The minimum absolute atomic E-state index is 0.789. The van der Waals surface area contributed by atoms with Crippen molar-refractivity contribution < 1.29 is 9.47 Å². The Balaban J connectivity index is 2.05. The summed E-state index contributed by atoms with van der Waals surface area (Å²) >= 11 is 7.39. The van der Waals surface area contributed by atoms with Crippen LogP contribution in [0.15, 0.2) is 12.1 Å². The first-order chi connectivity index (χ1) is 25.5. The van der Waals surface area contributed by atoms with Crippen LogP contribution >= 0.6 is 31.9 Å². The van der Waals surface area contributed by atoms with E-state index in [1.165, 1.54) is 204 Å². The van der Waals surface area contributed by atoms with Gasteiger partial charge < -0.3 is 9.47 Å². The predicted octanol–water partition coefficient (Wildman–Crippen LogP) is 18.0. The average Bonchev–Trinajstić information content (AvgIpc) is 3.15. The molecule has 2 unspecified atom stereocenters.